The summed E-state index contributed by atoms with van der Waals surface area (Å²) in [7, 11) is 0. The normalized spacial score (nSPS) is 10.4. The molecule has 3 aromatic rings. The van der Waals surface area contributed by atoms with Gasteiger partial charge < -0.3 is 20.8 Å². The molecule has 0 saturated heterocycles. The van der Waals surface area contributed by atoms with E-state index in [2.05, 4.69) is 10.6 Å². The van der Waals surface area contributed by atoms with Crippen molar-refractivity contribution < 1.29 is 30.8 Å². The van der Waals surface area contributed by atoms with Crippen molar-refractivity contribution in [2.45, 2.75) is 38.5 Å². The molecule has 8 nitrogen and oxygen atoms in total. The van der Waals surface area contributed by atoms with Gasteiger partial charge in [0.25, 0.3) is 11.8 Å². The number of hydrogen-bond acceptors (Lipinski definition) is 4. The molecular formula is C28H30N2O6. The average Bonchev–Trinajstić information content (AvgIpc) is 2.86. The number of carboxylic acid groups (broad SMARTS) is 2. The molecule has 3 aromatic carbocycles. The van der Waals surface area contributed by atoms with Crippen molar-refractivity contribution in [3.63, 3.8) is 0 Å². The van der Waals surface area contributed by atoms with E-state index in [9.17, 15) is 19.2 Å². The number of amides is 2. The Bertz CT molecular complexity index is 1110. The maximum atomic E-state index is 12.6. The van der Waals surface area contributed by atoms with Crippen molar-refractivity contribution in [3.8, 4) is 0 Å². The van der Waals surface area contributed by atoms with Gasteiger partial charge in [-0.3, -0.25) is 19.2 Å². The molecule has 8 heteroatoms. The first-order chi connectivity index (χ1) is 17.3. The van der Waals surface area contributed by atoms with Gasteiger partial charge in [0.15, 0.2) is 0 Å². The molecule has 0 aliphatic rings. The van der Waals surface area contributed by atoms with Crippen LogP contribution in [0.15, 0.2) is 72.8 Å². The molecule has 0 aromatic heterocycles. The Morgan fingerprint density at radius 3 is 1.19 bits per heavy atom. The predicted molar refractivity (Wildman–Crippen MR) is 138 cm³/mol. The highest BCUT2D eigenvalue weighted by atomic mass is 16.4. The first-order valence-electron chi connectivity index (χ1n) is 11.6. The highest BCUT2D eigenvalue weighted by Gasteiger charge is 2.10. The van der Waals surface area contributed by atoms with Crippen LogP contribution in [0.5, 0.6) is 0 Å². The van der Waals surface area contributed by atoms with Gasteiger partial charge in [-0.2, -0.15) is 0 Å². The third-order valence-electron chi connectivity index (χ3n) is 5.55. The lowest BCUT2D eigenvalue weighted by Crippen LogP contribution is -2.14. The Labute approximate surface area is 210 Å². The van der Waals surface area contributed by atoms with E-state index < -0.39 is 11.9 Å². The van der Waals surface area contributed by atoms with Gasteiger partial charge in [-0.05, 0) is 85.3 Å². The van der Waals surface area contributed by atoms with Gasteiger partial charge in [-0.15, -0.1) is 0 Å². The van der Waals surface area contributed by atoms with Crippen LogP contribution in [-0.2, 0) is 22.4 Å². The van der Waals surface area contributed by atoms with E-state index in [1.54, 1.807) is 48.5 Å². The van der Waals surface area contributed by atoms with Crippen LogP contribution in [0.1, 0.15) is 59.0 Å². The number of aryl methyl sites for hydroxylation is 2. The lowest BCUT2D eigenvalue weighted by Gasteiger charge is -2.09. The van der Waals surface area contributed by atoms with E-state index in [0.29, 0.717) is 48.2 Å². The number of rotatable bonds is 12. The number of anilines is 2. The van der Waals surface area contributed by atoms with Crippen LogP contribution in [0.4, 0.5) is 11.4 Å². The van der Waals surface area contributed by atoms with Gasteiger partial charge >= 0.3 is 11.9 Å². The molecule has 0 saturated carbocycles. The van der Waals surface area contributed by atoms with Crippen molar-refractivity contribution in [2.75, 3.05) is 10.6 Å². The zero-order chi connectivity index (χ0) is 25.9. The minimum Gasteiger partial charge on any atom is -0.481 e. The number of carboxylic acids is 2. The minimum absolute atomic E-state index is 0. The fourth-order valence-electron chi connectivity index (χ4n) is 3.58. The summed E-state index contributed by atoms with van der Waals surface area (Å²) in [5.41, 5.74) is 4.05. The molecule has 2 amide bonds. The fraction of sp³-hybridized carbons (Fsp3) is 0.214. The molecule has 3 rings (SSSR count). The van der Waals surface area contributed by atoms with Gasteiger partial charge in [0.2, 0.25) is 0 Å². The van der Waals surface area contributed by atoms with Gasteiger partial charge in [0.1, 0.15) is 0 Å². The molecule has 0 unspecified atom stereocenters. The molecule has 0 atom stereocenters. The Morgan fingerprint density at radius 1 is 0.556 bits per heavy atom. The van der Waals surface area contributed by atoms with Crippen molar-refractivity contribution in [1.29, 1.82) is 0 Å². The Hall–Kier alpha value is -4.46. The molecule has 36 heavy (non-hydrogen) atoms. The van der Waals surface area contributed by atoms with Gasteiger partial charge in [-0.25, -0.2) is 0 Å². The molecule has 0 fully saturated rings. The second-order valence-electron chi connectivity index (χ2n) is 8.37. The van der Waals surface area contributed by atoms with Crippen molar-refractivity contribution >= 4 is 35.1 Å². The summed E-state index contributed by atoms with van der Waals surface area (Å²) in [6, 6.07) is 20.8. The standard InChI is InChI=1S/C28H28N2O6.H2/c31-25(32)5-1-3-19-7-15-23(16-8-19)29-27(35)21-11-13-22(14-12-21)28(36)30-24-17-9-20(10-18-24)4-2-6-26(33)34;/h7-18H,1-6H2,(H,29,35)(H,30,36)(H,31,32)(H,33,34);1H. The molecular weight excluding hydrogens is 460 g/mol. The lowest BCUT2D eigenvalue weighted by atomic mass is 10.1. The number of benzene rings is 3. The fourth-order valence-corrected chi connectivity index (χ4v) is 3.58. The smallest absolute Gasteiger partial charge is 0.303 e. The molecule has 0 heterocycles. The SMILES string of the molecule is O=C(O)CCCc1ccc(NC(=O)c2ccc(C(=O)Nc3ccc(CCCC(=O)O)cc3)cc2)cc1.[HH]. The van der Waals surface area contributed by atoms with Crippen LogP contribution < -0.4 is 10.6 Å². The third kappa shape index (κ3) is 8.39. The molecule has 0 bridgehead atoms. The van der Waals surface area contributed by atoms with Crippen molar-refractivity contribution in [2.24, 2.45) is 0 Å². The predicted octanol–water partition coefficient (Wildman–Crippen LogP) is 5.25. The van der Waals surface area contributed by atoms with Crippen LogP contribution in [0.25, 0.3) is 0 Å². The largest absolute Gasteiger partial charge is 0.481 e. The van der Waals surface area contributed by atoms with Crippen LogP contribution in [0.2, 0.25) is 0 Å². The van der Waals surface area contributed by atoms with E-state index in [0.717, 1.165) is 11.1 Å². The average molecular weight is 491 g/mol. The quantitative estimate of drug-likeness (QED) is 0.274. The highest BCUT2D eigenvalue weighted by Crippen LogP contribution is 2.16. The Kier molecular flexibility index (Phi) is 9.33. The maximum Gasteiger partial charge on any atom is 0.303 e. The number of hydrogen-bond donors (Lipinski definition) is 4. The van der Waals surface area contributed by atoms with Crippen LogP contribution in [0.3, 0.4) is 0 Å². The number of carbonyl (C=O) groups is 4. The maximum absolute atomic E-state index is 12.6. The monoisotopic (exact) mass is 490 g/mol. The first-order valence-corrected chi connectivity index (χ1v) is 11.6. The number of aliphatic carboxylic acids is 2. The van der Waals surface area contributed by atoms with Crippen LogP contribution >= 0.6 is 0 Å². The minimum atomic E-state index is -0.817. The lowest BCUT2D eigenvalue weighted by molar-refractivity contribution is -0.138. The van der Waals surface area contributed by atoms with E-state index in [4.69, 9.17) is 10.2 Å². The summed E-state index contributed by atoms with van der Waals surface area (Å²) >= 11 is 0. The topological polar surface area (TPSA) is 133 Å². The van der Waals surface area contributed by atoms with E-state index >= 15 is 0 Å². The number of carbonyl (C=O) groups excluding carboxylic acids is 2. The second-order valence-corrected chi connectivity index (χ2v) is 8.37. The van der Waals surface area contributed by atoms with Crippen LogP contribution in [-0.4, -0.2) is 34.0 Å². The van der Waals surface area contributed by atoms with Gasteiger partial charge in [-0.1, -0.05) is 24.3 Å². The molecule has 0 spiro atoms. The van der Waals surface area contributed by atoms with E-state index in [1.807, 2.05) is 24.3 Å². The Morgan fingerprint density at radius 2 is 0.889 bits per heavy atom. The highest BCUT2D eigenvalue weighted by molar-refractivity contribution is 6.07. The summed E-state index contributed by atoms with van der Waals surface area (Å²) < 4.78 is 0. The van der Waals surface area contributed by atoms with Crippen LogP contribution in [0, 0.1) is 0 Å². The summed E-state index contributed by atoms with van der Waals surface area (Å²) in [5.74, 6) is -2.25. The summed E-state index contributed by atoms with van der Waals surface area (Å²) in [6.07, 6.45) is 2.66. The molecule has 0 radical (unpaired) electrons. The summed E-state index contributed by atoms with van der Waals surface area (Å²) in [5, 5.41) is 23.1. The molecule has 0 aliphatic carbocycles. The van der Waals surface area contributed by atoms with E-state index in [1.165, 1.54) is 0 Å². The van der Waals surface area contributed by atoms with Gasteiger partial charge in [0.05, 0.1) is 0 Å². The van der Waals surface area contributed by atoms with E-state index in [-0.39, 0.29) is 26.1 Å². The van der Waals surface area contributed by atoms with Crippen molar-refractivity contribution in [3.05, 3.63) is 95.1 Å². The molecule has 188 valence electrons. The zero-order valence-electron chi connectivity index (χ0n) is 19.7. The molecule has 0 aliphatic heterocycles. The molecule has 4 N–H and O–H groups in total. The first kappa shape index (κ1) is 26.2. The summed E-state index contributed by atoms with van der Waals surface area (Å²) in [4.78, 5) is 46.3. The number of nitrogens with one attached hydrogen (secondary N) is 2. The second kappa shape index (κ2) is 12.9. The zero-order valence-corrected chi connectivity index (χ0v) is 19.7. The Balaban J connectivity index is 0.00000481. The van der Waals surface area contributed by atoms with Gasteiger partial charge in [0, 0.05) is 36.8 Å². The third-order valence-corrected chi connectivity index (χ3v) is 5.55. The van der Waals surface area contributed by atoms with Crippen molar-refractivity contribution in [1.82, 2.24) is 0 Å². The summed E-state index contributed by atoms with van der Waals surface area (Å²) in [6.45, 7) is 0.